The first kappa shape index (κ1) is 23.1. The van der Waals surface area contributed by atoms with Gasteiger partial charge in [-0.3, -0.25) is 4.79 Å². The van der Waals surface area contributed by atoms with Crippen molar-refractivity contribution in [2.45, 2.75) is 67.4 Å². The predicted molar refractivity (Wildman–Crippen MR) is 137 cm³/mol. The number of pyridine rings is 1. The summed E-state index contributed by atoms with van der Waals surface area (Å²) < 4.78 is 27.1. The second-order valence-electron chi connectivity index (χ2n) is 10.7. The van der Waals surface area contributed by atoms with Crippen LogP contribution in [0.1, 0.15) is 61.9 Å². The molecule has 2 aliphatic carbocycles. The summed E-state index contributed by atoms with van der Waals surface area (Å²) in [7, 11) is 0. The molecule has 8 heteroatoms. The number of thioether (sulfide) groups is 1. The Morgan fingerprint density at radius 1 is 0.943 bits per heavy atom. The van der Waals surface area contributed by atoms with Crippen LogP contribution in [-0.4, -0.2) is 48.2 Å². The van der Waals surface area contributed by atoms with Crippen molar-refractivity contribution in [1.82, 2.24) is 4.98 Å². The van der Waals surface area contributed by atoms with Gasteiger partial charge in [-0.05, 0) is 74.3 Å². The SMILES string of the molecule is O=C(Nc1ccc(SC2CC2)cc1N1CCC2(CC1)CC2)c1cccc(N2CCC(F)(F)CC2)n1. The number of benzene rings is 1. The average Bonchev–Trinajstić information content (AvgIpc) is 3.80. The molecule has 4 fully saturated rings. The van der Waals surface area contributed by atoms with Crippen molar-refractivity contribution >= 4 is 34.9 Å². The standard InChI is InChI=1S/C27H32F2N4OS/c28-27(29)12-16-33(17-13-27)24-3-1-2-22(30-24)25(34)31-21-7-6-20(35-19-4-5-19)18-23(21)32-14-10-26(8-9-26)11-15-32/h1-3,6-7,18-19H,4-5,8-17H2,(H,31,34). The number of alkyl halides is 2. The maximum Gasteiger partial charge on any atom is 0.274 e. The fourth-order valence-corrected chi connectivity index (χ4v) is 6.29. The molecule has 6 rings (SSSR count). The van der Waals surface area contributed by atoms with Crippen LogP contribution in [0.4, 0.5) is 26.0 Å². The molecule has 5 nitrogen and oxygen atoms in total. The number of anilines is 3. The number of carbonyl (C=O) groups is 1. The van der Waals surface area contributed by atoms with Crippen LogP contribution in [0.2, 0.25) is 0 Å². The summed E-state index contributed by atoms with van der Waals surface area (Å²) in [5.74, 6) is -2.30. The highest BCUT2D eigenvalue weighted by Gasteiger charge is 2.44. The van der Waals surface area contributed by atoms with Gasteiger partial charge in [0.25, 0.3) is 11.8 Å². The lowest BCUT2D eigenvalue weighted by Crippen LogP contribution is -2.39. The molecular formula is C27H32F2N4OS. The van der Waals surface area contributed by atoms with E-state index in [1.807, 2.05) is 22.7 Å². The lowest BCUT2D eigenvalue weighted by Gasteiger charge is -2.35. The molecule has 1 spiro atoms. The monoisotopic (exact) mass is 498 g/mol. The Morgan fingerprint density at radius 3 is 2.34 bits per heavy atom. The van der Waals surface area contributed by atoms with Gasteiger partial charge in [-0.15, -0.1) is 11.8 Å². The van der Waals surface area contributed by atoms with E-state index >= 15 is 0 Å². The molecule has 1 aromatic heterocycles. The lowest BCUT2D eigenvalue weighted by molar-refractivity contribution is -0.0221. The second-order valence-corrected chi connectivity index (χ2v) is 12.0. The van der Waals surface area contributed by atoms with E-state index in [0.717, 1.165) is 29.7 Å². The van der Waals surface area contributed by atoms with Gasteiger partial charge in [0, 0.05) is 49.2 Å². The number of piperidine rings is 2. The summed E-state index contributed by atoms with van der Waals surface area (Å²) in [4.78, 5) is 23.3. The molecule has 1 aromatic carbocycles. The quantitative estimate of drug-likeness (QED) is 0.514. The first-order valence-corrected chi connectivity index (χ1v) is 13.7. The number of nitrogens with zero attached hydrogens (tertiary/aromatic N) is 3. The van der Waals surface area contributed by atoms with E-state index in [4.69, 9.17) is 0 Å². The lowest BCUT2D eigenvalue weighted by atomic mass is 9.93. The molecule has 2 aromatic rings. The van der Waals surface area contributed by atoms with Crippen LogP contribution in [-0.2, 0) is 0 Å². The van der Waals surface area contributed by atoms with E-state index in [9.17, 15) is 13.6 Å². The number of nitrogens with one attached hydrogen (secondary N) is 1. The molecule has 35 heavy (non-hydrogen) atoms. The second kappa shape index (κ2) is 8.95. The van der Waals surface area contributed by atoms with Gasteiger partial charge in [-0.2, -0.15) is 0 Å². The molecule has 2 aliphatic heterocycles. The van der Waals surface area contributed by atoms with Crippen molar-refractivity contribution in [1.29, 1.82) is 0 Å². The summed E-state index contributed by atoms with van der Waals surface area (Å²) in [6, 6.07) is 11.6. The van der Waals surface area contributed by atoms with Crippen LogP contribution >= 0.6 is 11.8 Å². The number of hydrogen-bond acceptors (Lipinski definition) is 5. The Hall–Kier alpha value is -2.35. The molecule has 4 aliphatic rings. The van der Waals surface area contributed by atoms with Crippen molar-refractivity contribution in [2.24, 2.45) is 5.41 Å². The molecule has 0 unspecified atom stereocenters. The minimum Gasteiger partial charge on any atom is -0.370 e. The van der Waals surface area contributed by atoms with Crippen LogP contribution in [0.3, 0.4) is 0 Å². The Kier molecular flexibility index (Phi) is 5.90. The molecule has 186 valence electrons. The Morgan fingerprint density at radius 2 is 1.66 bits per heavy atom. The van der Waals surface area contributed by atoms with Gasteiger partial charge in [0.1, 0.15) is 11.5 Å². The van der Waals surface area contributed by atoms with Gasteiger partial charge in [-0.1, -0.05) is 6.07 Å². The molecule has 1 amide bonds. The molecular weight excluding hydrogens is 466 g/mol. The molecule has 2 saturated heterocycles. The maximum atomic E-state index is 13.6. The number of hydrogen-bond donors (Lipinski definition) is 1. The number of rotatable bonds is 6. The van der Waals surface area contributed by atoms with E-state index in [-0.39, 0.29) is 31.8 Å². The third kappa shape index (κ3) is 5.27. The smallest absolute Gasteiger partial charge is 0.274 e. The summed E-state index contributed by atoms with van der Waals surface area (Å²) in [6.07, 6.45) is 7.35. The Balaban J connectivity index is 1.20. The number of aromatic nitrogens is 1. The van der Waals surface area contributed by atoms with E-state index in [2.05, 4.69) is 27.3 Å². The molecule has 2 saturated carbocycles. The summed E-state index contributed by atoms with van der Waals surface area (Å²) in [5.41, 5.74) is 2.79. The highest BCUT2D eigenvalue weighted by Crippen LogP contribution is 2.54. The number of carbonyl (C=O) groups excluding carboxylic acids is 1. The fourth-order valence-electron chi connectivity index (χ4n) is 5.20. The van der Waals surface area contributed by atoms with Gasteiger partial charge in [0.2, 0.25) is 0 Å². The van der Waals surface area contributed by atoms with Crippen molar-refractivity contribution in [3.63, 3.8) is 0 Å². The van der Waals surface area contributed by atoms with Gasteiger partial charge in [-0.25, -0.2) is 13.8 Å². The summed E-state index contributed by atoms with van der Waals surface area (Å²) in [5, 5.41) is 3.83. The molecule has 3 heterocycles. The zero-order valence-electron chi connectivity index (χ0n) is 19.9. The van der Waals surface area contributed by atoms with E-state index < -0.39 is 5.92 Å². The van der Waals surface area contributed by atoms with E-state index in [1.54, 1.807) is 18.2 Å². The zero-order valence-corrected chi connectivity index (χ0v) is 20.8. The van der Waals surface area contributed by atoms with Crippen molar-refractivity contribution in [3.8, 4) is 0 Å². The number of amides is 1. The molecule has 0 radical (unpaired) electrons. The van der Waals surface area contributed by atoms with Crippen LogP contribution < -0.4 is 15.1 Å². The zero-order chi connectivity index (χ0) is 24.0. The third-order valence-electron chi connectivity index (χ3n) is 7.95. The van der Waals surface area contributed by atoms with E-state index in [1.165, 1.54) is 43.4 Å². The van der Waals surface area contributed by atoms with Crippen LogP contribution in [0.25, 0.3) is 0 Å². The highest BCUT2D eigenvalue weighted by atomic mass is 32.2. The Labute approximate surface area is 209 Å². The highest BCUT2D eigenvalue weighted by molar-refractivity contribution is 8.00. The van der Waals surface area contributed by atoms with Gasteiger partial charge in [0.15, 0.2) is 0 Å². The largest absolute Gasteiger partial charge is 0.370 e. The van der Waals surface area contributed by atoms with Gasteiger partial charge >= 0.3 is 0 Å². The molecule has 0 bridgehead atoms. The van der Waals surface area contributed by atoms with Crippen LogP contribution in [0.5, 0.6) is 0 Å². The topological polar surface area (TPSA) is 48.5 Å². The summed E-state index contributed by atoms with van der Waals surface area (Å²) in [6.45, 7) is 2.53. The Bertz CT molecular complexity index is 1100. The minimum absolute atomic E-state index is 0.184. The normalized spacial score (nSPS) is 22.8. The maximum absolute atomic E-state index is 13.6. The fraction of sp³-hybridized carbons (Fsp3) is 0.556. The summed E-state index contributed by atoms with van der Waals surface area (Å²) >= 11 is 1.93. The van der Waals surface area contributed by atoms with Crippen molar-refractivity contribution < 1.29 is 13.6 Å². The van der Waals surface area contributed by atoms with Crippen LogP contribution in [0.15, 0.2) is 41.3 Å². The minimum atomic E-state index is -2.61. The third-order valence-corrected chi connectivity index (χ3v) is 9.28. The molecule has 1 N–H and O–H groups in total. The van der Waals surface area contributed by atoms with Crippen LogP contribution in [0, 0.1) is 5.41 Å². The van der Waals surface area contributed by atoms with Gasteiger partial charge < -0.3 is 15.1 Å². The number of halogens is 2. The van der Waals surface area contributed by atoms with Crippen molar-refractivity contribution in [2.75, 3.05) is 41.3 Å². The van der Waals surface area contributed by atoms with Gasteiger partial charge in [0.05, 0.1) is 11.4 Å². The van der Waals surface area contributed by atoms with Crippen molar-refractivity contribution in [3.05, 3.63) is 42.1 Å². The first-order valence-electron chi connectivity index (χ1n) is 12.9. The average molecular weight is 499 g/mol. The first-order chi connectivity index (χ1) is 16.9. The predicted octanol–water partition coefficient (Wildman–Crippen LogP) is 6.20. The van der Waals surface area contributed by atoms with E-state index in [0.29, 0.717) is 16.9 Å². The molecule has 0 atom stereocenters.